The Hall–Kier alpha value is -0.610. The molecule has 0 aliphatic rings. The molecule has 3 nitrogen and oxygen atoms in total. The summed E-state index contributed by atoms with van der Waals surface area (Å²) in [5, 5.41) is 3.24. The van der Waals surface area contributed by atoms with E-state index in [-0.39, 0.29) is 0 Å². The standard InChI is InChI=1S/C10H15BrN2O/c1-14-7-3-2-6-12-10-5-4-9(11)8-13-10/h4-5,8H,2-3,6-7H2,1H3,(H,12,13). The van der Waals surface area contributed by atoms with Gasteiger partial charge >= 0.3 is 0 Å². The van der Waals surface area contributed by atoms with E-state index in [2.05, 4.69) is 26.2 Å². The first-order valence-corrected chi connectivity index (χ1v) is 5.46. The van der Waals surface area contributed by atoms with Crippen LogP contribution in [0.1, 0.15) is 12.8 Å². The average Bonchev–Trinajstić information content (AvgIpc) is 2.21. The number of nitrogens with zero attached hydrogens (tertiary/aromatic N) is 1. The number of anilines is 1. The van der Waals surface area contributed by atoms with E-state index in [1.54, 1.807) is 13.3 Å². The molecular formula is C10H15BrN2O. The highest BCUT2D eigenvalue weighted by Gasteiger charge is 1.92. The Bertz CT molecular complexity index is 251. The molecule has 1 N–H and O–H groups in total. The fourth-order valence-electron chi connectivity index (χ4n) is 1.07. The van der Waals surface area contributed by atoms with Crippen LogP contribution in [-0.2, 0) is 4.74 Å². The van der Waals surface area contributed by atoms with Gasteiger partial charge in [-0.2, -0.15) is 0 Å². The van der Waals surface area contributed by atoms with Crippen molar-refractivity contribution in [3.05, 3.63) is 22.8 Å². The normalized spacial score (nSPS) is 10.1. The van der Waals surface area contributed by atoms with Crippen molar-refractivity contribution in [1.82, 2.24) is 4.98 Å². The van der Waals surface area contributed by atoms with Gasteiger partial charge in [0.05, 0.1) is 0 Å². The van der Waals surface area contributed by atoms with Crippen LogP contribution in [0.25, 0.3) is 0 Å². The highest BCUT2D eigenvalue weighted by Crippen LogP contribution is 2.10. The van der Waals surface area contributed by atoms with Gasteiger partial charge in [0, 0.05) is 30.9 Å². The molecule has 0 amide bonds. The summed E-state index contributed by atoms with van der Waals surface area (Å²) in [5.41, 5.74) is 0. The first-order chi connectivity index (χ1) is 6.83. The van der Waals surface area contributed by atoms with Gasteiger partial charge in [-0.05, 0) is 40.9 Å². The van der Waals surface area contributed by atoms with E-state index >= 15 is 0 Å². The third-order valence-electron chi connectivity index (χ3n) is 1.81. The van der Waals surface area contributed by atoms with Gasteiger partial charge in [-0.3, -0.25) is 0 Å². The molecule has 0 aliphatic carbocycles. The molecule has 1 rings (SSSR count). The number of hydrogen-bond donors (Lipinski definition) is 1. The smallest absolute Gasteiger partial charge is 0.125 e. The molecule has 0 bridgehead atoms. The van der Waals surface area contributed by atoms with Crippen LogP contribution in [0.3, 0.4) is 0 Å². The van der Waals surface area contributed by atoms with Crippen LogP contribution >= 0.6 is 15.9 Å². The Morgan fingerprint density at radius 1 is 1.43 bits per heavy atom. The maximum atomic E-state index is 4.96. The molecule has 0 radical (unpaired) electrons. The summed E-state index contributed by atoms with van der Waals surface area (Å²) >= 11 is 3.34. The van der Waals surface area contributed by atoms with E-state index in [4.69, 9.17) is 4.74 Å². The van der Waals surface area contributed by atoms with Crippen LogP contribution < -0.4 is 5.32 Å². The topological polar surface area (TPSA) is 34.1 Å². The van der Waals surface area contributed by atoms with Gasteiger partial charge < -0.3 is 10.1 Å². The Balaban J connectivity index is 2.15. The summed E-state index contributed by atoms with van der Waals surface area (Å²) in [5.74, 6) is 0.922. The molecule has 14 heavy (non-hydrogen) atoms. The van der Waals surface area contributed by atoms with Crippen LogP contribution in [-0.4, -0.2) is 25.2 Å². The largest absolute Gasteiger partial charge is 0.385 e. The number of halogens is 1. The number of hydrogen-bond acceptors (Lipinski definition) is 3. The van der Waals surface area contributed by atoms with Crippen molar-refractivity contribution in [1.29, 1.82) is 0 Å². The summed E-state index contributed by atoms with van der Waals surface area (Å²) in [6.45, 7) is 1.77. The van der Waals surface area contributed by atoms with E-state index in [9.17, 15) is 0 Å². The zero-order chi connectivity index (χ0) is 10.2. The zero-order valence-corrected chi connectivity index (χ0v) is 9.88. The van der Waals surface area contributed by atoms with E-state index < -0.39 is 0 Å². The summed E-state index contributed by atoms with van der Waals surface area (Å²) in [7, 11) is 1.73. The fraction of sp³-hybridized carbons (Fsp3) is 0.500. The van der Waals surface area contributed by atoms with E-state index in [0.717, 1.165) is 36.3 Å². The van der Waals surface area contributed by atoms with Crippen molar-refractivity contribution >= 4 is 21.7 Å². The van der Waals surface area contributed by atoms with Gasteiger partial charge in [-0.1, -0.05) is 0 Å². The predicted molar refractivity (Wildman–Crippen MR) is 61.5 cm³/mol. The minimum atomic E-state index is 0.829. The summed E-state index contributed by atoms with van der Waals surface area (Å²) in [6.07, 6.45) is 3.98. The zero-order valence-electron chi connectivity index (χ0n) is 8.29. The number of rotatable bonds is 6. The summed E-state index contributed by atoms with van der Waals surface area (Å²) in [4.78, 5) is 4.21. The minimum Gasteiger partial charge on any atom is -0.385 e. The molecule has 0 atom stereocenters. The molecule has 1 aromatic rings. The van der Waals surface area contributed by atoms with Gasteiger partial charge in [0.15, 0.2) is 0 Å². The number of pyridine rings is 1. The Morgan fingerprint density at radius 2 is 2.29 bits per heavy atom. The van der Waals surface area contributed by atoms with Gasteiger partial charge in [0.1, 0.15) is 5.82 Å². The molecule has 0 saturated carbocycles. The van der Waals surface area contributed by atoms with Gasteiger partial charge in [0.2, 0.25) is 0 Å². The molecule has 0 unspecified atom stereocenters. The molecule has 0 spiro atoms. The second-order valence-electron chi connectivity index (χ2n) is 2.99. The molecule has 0 saturated heterocycles. The van der Waals surface area contributed by atoms with Gasteiger partial charge in [-0.15, -0.1) is 0 Å². The van der Waals surface area contributed by atoms with Crippen molar-refractivity contribution in [3.8, 4) is 0 Å². The molecule has 0 aromatic carbocycles. The molecule has 1 aromatic heterocycles. The third-order valence-corrected chi connectivity index (χ3v) is 2.28. The minimum absolute atomic E-state index is 0.829. The van der Waals surface area contributed by atoms with E-state index in [1.165, 1.54) is 0 Å². The molecule has 78 valence electrons. The molecule has 1 heterocycles. The number of ether oxygens (including phenoxy) is 1. The molecule has 4 heteroatoms. The lowest BCUT2D eigenvalue weighted by molar-refractivity contribution is 0.194. The van der Waals surface area contributed by atoms with Gasteiger partial charge in [0.25, 0.3) is 0 Å². The maximum Gasteiger partial charge on any atom is 0.125 e. The third kappa shape index (κ3) is 4.58. The molecular weight excluding hydrogens is 244 g/mol. The molecule has 0 fully saturated rings. The van der Waals surface area contributed by atoms with Crippen molar-refractivity contribution < 1.29 is 4.74 Å². The SMILES string of the molecule is COCCCCNc1ccc(Br)cn1. The summed E-state index contributed by atoms with van der Waals surface area (Å²) in [6, 6.07) is 3.94. The predicted octanol–water partition coefficient (Wildman–Crippen LogP) is 2.68. The van der Waals surface area contributed by atoms with Crippen LogP contribution in [0.2, 0.25) is 0 Å². The number of methoxy groups -OCH3 is 1. The number of nitrogens with one attached hydrogen (secondary N) is 1. The Labute approximate surface area is 93.0 Å². The molecule has 0 aliphatic heterocycles. The lowest BCUT2D eigenvalue weighted by Gasteiger charge is -2.04. The average molecular weight is 259 g/mol. The van der Waals surface area contributed by atoms with Gasteiger partial charge in [-0.25, -0.2) is 4.98 Å². The first-order valence-electron chi connectivity index (χ1n) is 4.67. The van der Waals surface area contributed by atoms with Crippen LogP contribution in [0.4, 0.5) is 5.82 Å². The van der Waals surface area contributed by atoms with Crippen molar-refractivity contribution in [2.75, 3.05) is 25.6 Å². The Morgan fingerprint density at radius 3 is 2.93 bits per heavy atom. The quantitative estimate of drug-likeness (QED) is 0.797. The van der Waals surface area contributed by atoms with Crippen LogP contribution in [0, 0.1) is 0 Å². The maximum absolute atomic E-state index is 4.96. The Kier molecular flexibility index (Phi) is 5.56. The number of aromatic nitrogens is 1. The van der Waals surface area contributed by atoms with Crippen LogP contribution in [0.5, 0.6) is 0 Å². The van der Waals surface area contributed by atoms with Crippen molar-refractivity contribution in [2.45, 2.75) is 12.8 Å². The lowest BCUT2D eigenvalue weighted by atomic mass is 10.3. The fourth-order valence-corrected chi connectivity index (χ4v) is 1.30. The second-order valence-corrected chi connectivity index (χ2v) is 3.90. The highest BCUT2D eigenvalue weighted by atomic mass is 79.9. The van der Waals surface area contributed by atoms with E-state index in [1.807, 2.05) is 12.1 Å². The van der Waals surface area contributed by atoms with Crippen molar-refractivity contribution in [2.24, 2.45) is 0 Å². The second kappa shape index (κ2) is 6.79. The van der Waals surface area contributed by atoms with E-state index in [0.29, 0.717) is 0 Å². The highest BCUT2D eigenvalue weighted by molar-refractivity contribution is 9.10. The van der Waals surface area contributed by atoms with Crippen LogP contribution in [0.15, 0.2) is 22.8 Å². The van der Waals surface area contributed by atoms with Crippen molar-refractivity contribution in [3.63, 3.8) is 0 Å². The lowest BCUT2D eigenvalue weighted by Crippen LogP contribution is -2.04. The summed E-state index contributed by atoms with van der Waals surface area (Å²) < 4.78 is 5.96. The monoisotopic (exact) mass is 258 g/mol. The first kappa shape index (κ1) is 11.5. The number of unbranched alkanes of at least 4 members (excludes halogenated alkanes) is 1.